The topological polar surface area (TPSA) is 120 Å². The third kappa shape index (κ3) is 6.55. The molecule has 0 aromatic carbocycles. The van der Waals surface area contributed by atoms with Crippen LogP contribution in [0, 0.1) is 11.8 Å². The number of amidine groups is 1. The minimum Gasteiger partial charge on any atom is -0.384 e. The Balaban J connectivity index is 1.62. The van der Waals surface area contributed by atoms with E-state index in [-0.39, 0.29) is 11.7 Å². The number of aromatic amines is 1. The van der Waals surface area contributed by atoms with E-state index in [1.54, 1.807) is 20.2 Å². The molecule has 0 amide bonds. The Bertz CT molecular complexity index is 1420. The predicted octanol–water partition coefficient (Wildman–Crippen LogP) is 5.11. The third-order valence-corrected chi connectivity index (χ3v) is 9.47. The summed E-state index contributed by atoms with van der Waals surface area (Å²) in [6.45, 7) is 10.9. The average Bonchev–Trinajstić information content (AvgIpc) is 3.58. The van der Waals surface area contributed by atoms with E-state index >= 15 is 4.39 Å². The van der Waals surface area contributed by atoms with E-state index in [0.29, 0.717) is 53.1 Å². The lowest BCUT2D eigenvalue weighted by Gasteiger charge is -2.45. The minimum absolute atomic E-state index is 0.000786. The largest absolute Gasteiger partial charge is 0.434 e. The molecule has 13 heteroatoms. The number of aliphatic imine (C=N–C) groups is 2. The molecule has 234 valence electrons. The molecule has 2 aliphatic carbocycles. The van der Waals surface area contributed by atoms with Gasteiger partial charge in [-0.1, -0.05) is 44.0 Å². The highest BCUT2D eigenvalue weighted by molar-refractivity contribution is 6.29. The zero-order valence-electron chi connectivity index (χ0n) is 25.0. The van der Waals surface area contributed by atoms with Gasteiger partial charge < -0.3 is 19.4 Å². The van der Waals surface area contributed by atoms with Crippen LogP contribution in [0.4, 0.5) is 4.39 Å². The second-order valence-electron chi connectivity index (χ2n) is 12.0. The van der Waals surface area contributed by atoms with E-state index in [2.05, 4.69) is 44.2 Å². The summed E-state index contributed by atoms with van der Waals surface area (Å²) in [5.74, 6) is 0.636. The van der Waals surface area contributed by atoms with Crippen molar-refractivity contribution in [2.45, 2.75) is 88.8 Å². The molecule has 2 fully saturated rings. The van der Waals surface area contributed by atoms with Crippen molar-refractivity contribution >= 4 is 35.3 Å². The van der Waals surface area contributed by atoms with Crippen molar-refractivity contribution < 1.29 is 13.5 Å². The third-order valence-electron chi connectivity index (χ3n) is 8.93. The van der Waals surface area contributed by atoms with Crippen LogP contribution in [0.3, 0.4) is 0 Å². The molecule has 0 bridgehead atoms. The molecule has 3 N–H and O–H groups in total. The van der Waals surface area contributed by atoms with Gasteiger partial charge >= 0.3 is 5.76 Å². The molecule has 5 rings (SSSR count). The monoisotopic (exact) mass is 635 g/mol. The highest BCUT2D eigenvalue weighted by Gasteiger charge is 2.53. The standard InChI is InChI=1S/C30H40Cl2FN7O3/c1-16-9-11-19(12-10-16)15-40-24-23(17(2)13-34-14-18(3)31)35-26(27-38-39-29(41)43-27)36-25(24)37-28(40)30(4,42-5)20-7-6-8-21(32)22(20)33/h7,13-14,16,19,21-22,25,28,37H,2,6,8-12,15H2,1,3-5H3,(H,35,36)(H,39,41)/b18-14+,34-13?/t16?,19?,21?,22-,25+,28-,30?/m1/s1. The zero-order chi connectivity index (χ0) is 30.9. The molecule has 1 saturated heterocycles. The highest BCUT2D eigenvalue weighted by atomic mass is 35.5. The molecule has 1 aromatic heterocycles. The molecule has 1 aromatic rings. The van der Waals surface area contributed by atoms with Gasteiger partial charge in [-0.05, 0) is 56.9 Å². The summed E-state index contributed by atoms with van der Waals surface area (Å²) in [6, 6.07) is 0. The number of hydrogen-bond acceptors (Lipinski definition) is 9. The Morgan fingerprint density at radius 3 is 2.74 bits per heavy atom. The number of methoxy groups -OCH3 is 1. The summed E-state index contributed by atoms with van der Waals surface area (Å²) in [6.07, 6.45) is 8.27. The molecular weight excluding hydrogens is 596 g/mol. The van der Waals surface area contributed by atoms with Crippen LogP contribution in [0.15, 0.2) is 65.6 Å². The lowest BCUT2D eigenvalue weighted by atomic mass is 9.81. The van der Waals surface area contributed by atoms with Gasteiger partial charge in [0.1, 0.15) is 24.1 Å². The van der Waals surface area contributed by atoms with Crippen LogP contribution in [-0.4, -0.2) is 70.3 Å². The summed E-state index contributed by atoms with van der Waals surface area (Å²) >= 11 is 12.5. The number of nitrogens with zero attached hydrogens (tertiary/aromatic N) is 4. The normalized spacial score (nSPS) is 31.4. The van der Waals surface area contributed by atoms with E-state index < -0.39 is 35.2 Å². The van der Waals surface area contributed by atoms with E-state index in [9.17, 15) is 4.79 Å². The number of fused-ring (bicyclic) bond motifs is 1. The van der Waals surface area contributed by atoms with Gasteiger partial charge in [-0.2, -0.15) is 0 Å². The molecule has 0 radical (unpaired) electrons. The van der Waals surface area contributed by atoms with Crippen LogP contribution in [0.2, 0.25) is 0 Å². The van der Waals surface area contributed by atoms with Crippen molar-refractivity contribution in [3.05, 3.63) is 62.9 Å². The molecule has 0 spiro atoms. The van der Waals surface area contributed by atoms with Crippen molar-refractivity contribution in [2.24, 2.45) is 21.8 Å². The molecule has 3 heterocycles. The number of allylic oxidation sites excluding steroid dienone is 3. The van der Waals surface area contributed by atoms with Crippen LogP contribution in [0.1, 0.15) is 65.2 Å². The van der Waals surface area contributed by atoms with Gasteiger partial charge in [-0.15, -0.1) is 16.7 Å². The molecular formula is C30H40Cl2FN7O3. The second kappa shape index (κ2) is 13.1. The molecule has 2 aliphatic heterocycles. The number of nitrogens with one attached hydrogen (secondary N) is 3. The average molecular weight is 637 g/mol. The van der Waals surface area contributed by atoms with E-state index in [1.165, 1.54) is 6.20 Å². The lowest BCUT2D eigenvalue weighted by Crippen LogP contribution is -2.58. The fourth-order valence-corrected chi connectivity index (χ4v) is 6.80. The van der Waals surface area contributed by atoms with Crippen LogP contribution in [0.25, 0.3) is 0 Å². The first kappa shape index (κ1) is 31.7. The maximum Gasteiger partial charge on any atom is 0.434 e. The van der Waals surface area contributed by atoms with Crippen molar-refractivity contribution in [3.63, 3.8) is 0 Å². The SMILES string of the molecule is C=C(C=N/C=C(\C)Cl)C1=C2[C@@H](N=C(c3n[nH]c(=O)o3)N1)N[C@@H](C(C)(OC)C1=CCCC(Cl)[C@@H]1F)N2CC1CCC(C)CC1. The number of halogens is 3. The molecule has 5 atom stereocenters. The van der Waals surface area contributed by atoms with Gasteiger partial charge in [0.25, 0.3) is 5.89 Å². The summed E-state index contributed by atoms with van der Waals surface area (Å²) in [5.41, 5.74) is 1.40. The Kier molecular flexibility index (Phi) is 9.65. The maximum absolute atomic E-state index is 15.8. The van der Waals surface area contributed by atoms with E-state index in [0.717, 1.165) is 31.4 Å². The summed E-state index contributed by atoms with van der Waals surface area (Å²) < 4.78 is 27.2. The number of aromatic nitrogens is 2. The maximum atomic E-state index is 15.8. The predicted molar refractivity (Wildman–Crippen MR) is 167 cm³/mol. The van der Waals surface area contributed by atoms with Crippen molar-refractivity contribution in [3.8, 4) is 0 Å². The van der Waals surface area contributed by atoms with Crippen LogP contribution >= 0.6 is 23.2 Å². The Morgan fingerprint density at radius 2 is 2.09 bits per heavy atom. The highest BCUT2D eigenvalue weighted by Crippen LogP contribution is 2.43. The van der Waals surface area contributed by atoms with E-state index in [4.69, 9.17) is 37.3 Å². The summed E-state index contributed by atoms with van der Waals surface area (Å²) in [5, 5.41) is 13.1. The number of H-pyrrole nitrogens is 1. The first-order chi connectivity index (χ1) is 20.5. The van der Waals surface area contributed by atoms with Crippen LogP contribution in [-0.2, 0) is 4.74 Å². The minimum atomic E-state index is -1.36. The van der Waals surface area contributed by atoms with Crippen molar-refractivity contribution in [1.82, 2.24) is 25.7 Å². The Hall–Kier alpha value is -2.73. The fourth-order valence-electron chi connectivity index (χ4n) is 6.48. The summed E-state index contributed by atoms with van der Waals surface area (Å²) in [4.78, 5) is 23.2. The molecule has 10 nitrogen and oxygen atoms in total. The van der Waals surface area contributed by atoms with Gasteiger partial charge in [-0.25, -0.2) is 19.3 Å². The molecule has 43 heavy (non-hydrogen) atoms. The molecule has 1 saturated carbocycles. The second-order valence-corrected chi connectivity index (χ2v) is 13.2. The van der Waals surface area contributed by atoms with Gasteiger partial charge in [0, 0.05) is 36.7 Å². The summed E-state index contributed by atoms with van der Waals surface area (Å²) in [7, 11) is 1.60. The lowest BCUT2D eigenvalue weighted by molar-refractivity contribution is -0.0432. The van der Waals surface area contributed by atoms with Crippen molar-refractivity contribution in [2.75, 3.05) is 13.7 Å². The Morgan fingerprint density at radius 1 is 1.35 bits per heavy atom. The van der Waals surface area contributed by atoms with Gasteiger partial charge in [0.15, 0.2) is 5.84 Å². The quantitative estimate of drug-likeness (QED) is 0.196. The molecule has 4 aliphatic rings. The van der Waals surface area contributed by atoms with Gasteiger partial charge in [-0.3, -0.25) is 10.3 Å². The van der Waals surface area contributed by atoms with Crippen LogP contribution < -0.4 is 16.4 Å². The zero-order valence-corrected chi connectivity index (χ0v) is 26.5. The van der Waals surface area contributed by atoms with Gasteiger partial charge in [0.2, 0.25) is 0 Å². The van der Waals surface area contributed by atoms with Crippen LogP contribution in [0.5, 0.6) is 0 Å². The first-order valence-electron chi connectivity index (χ1n) is 14.8. The molecule has 2 unspecified atom stereocenters. The number of rotatable bonds is 9. The number of ether oxygens (including phenoxy) is 1. The smallest absolute Gasteiger partial charge is 0.384 e. The Labute approximate surface area is 261 Å². The number of hydrogen-bond donors (Lipinski definition) is 3. The number of alkyl halides is 2. The first-order valence-corrected chi connectivity index (χ1v) is 15.6. The van der Waals surface area contributed by atoms with E-state index in [1.807, 2.05) is 13.0 Å². The fraction of sp³-hybridized carbons (Fsp3) is 0.600. The van der Waals surface area contributed by atoms with Crippen molar-refractivity contribution in [1.29, 1.82) is 0 Å². The van der Waals surface area contributed by atoms with Gasteiger partial charge in [0.05, 0.1) is 16.8 Å².